The van der Waals surface area contributed by atoms with Gasteiger partial charge in [0.15, 0.2) is 5.16 Å². The van der Waals surface area contributed by atoms with Gasteiger partial charge in [-0.25, -0.2) is 0 Å². The van der Waals surface area contributed by atoms with Gasteiger partial charge in [0.2, 0.25) is 0 Å². The molecule has 5 heteroatoms. The Morgan fingerprint density at radius 3 is 2.30 bits per heavy atom. The van der Waals surface area contributed by atoms with E-state index < -0.39 is 0 Å². The molecule has 2 aromatic carbocycles. The fourth-order valence-corrected chi connectivity index (χ4v) is 2.78. The van der Waals surface area contributed by atoms with E-state index in [2.05, 4.69) is 72.2 Å². The van der Waals surface area contributed by atoms with Gasteiger partial charge in [0.1, 0.15) is 5.82 Å². The van der Waals surface area contributed by atoms with Crippen LogP contribution in [0.15, 0.2) is 41.6 Å². The fraction of sp³-hybridized carbons (Fsp3) is 0.200. The zero-order valence-electron chi connectivity index (χ0n) is 11.7. The molecule has 3 aromatic rings. The Bertz CT molecular complexity index is 757. The molecule has 0 amide bonds. The van der Waals surface area contributed by atoms with Gasteiger partial charge >= 0.3 is 0 Å². The Labute approximate surface area is 123 Å². The van der Waals surface area contributed by atoms with E-state index in [9.17, 15) is 0 Å². The summed E-state index contributed by atoms with van der Waals surface area (Å²) in [4.78, 5) is 2.12. The van der Waals surface area contributed by atoms with Gasteiger partial charge in [-0.15, -0.1) is 22.8 Å². The van der Waals surface area contributed by atoms with Crippen molar-refractivity contribution in [3.63, 3.8) is 0 Å². The monoisotopic (exact) mass is 284 g/mol. The van der Waals surface area contributed by atoms with Gasteiger partial charge in [-0.05, 0) is 19.1 Å². The summed E-state index contributed by atoms with van der Waals surface area (Å²) in [7, 11) is 4.10. The van der Waals surface area contributed by atoms with Gasteiger partial charge in [0.25, 0.3) is 0 Å². The zero-order chi connectivity index (χ0) is 14.3. The number of nitrogens with zero attached hydrogens (tertiary/aromatic N) is 4. The first-order chi connectivity index (χ1) is 9.59. The van der Waals surface area contributed by atoms with E-state index in [4.69, 9.17) is 0 Å². The number of benzene rings is 2. The molecule has 0 saturated heterocycles. The van der Waals surface area contributed by atoms with Crippen molar-refractivity contribution in [2.75, 3.05) is 19.0 Å². The van der Waals surface area contributed by atoms with Crippen LogP contribution in [0, 0.1) is 6.92 Å². The van der Waals surface area contributed by atoms with Crippen molar-refractivity contribution in [3.05, 3.63) is 42.2 Å². The molecule has 1 aromatic heterocycles. The van der Waals surface area contributed by atoms with Crippen LogP contribution in [0.4, 0.5) is 5.69 Å². The second-order valence-corrected chi connectivity index (χ2v) is 5.33. The highest BCUT2D eigenvalue weighted by Crippen LogP contribution is 2.31. The summed E-state index contributed by atoms with van der Waals surface area (Å²) < 4.78 is 1.96. The number of rotatable bonds is 2. The van der Waals surface area contributed by atoms with Crippen molar-refractivity contribution < 1.29 is 0 Å². The van der Waals surface area contributed by atoms with Gasteiger partial charge < -0.3 is 4.90 Å². The average Bonchev–Trinajstić information content (AvgIpc) is 2.77. The maximum atomic E-state index is 4.40. The fourth-order valence-electron chi connectivity index (χ4n) is 2.49. The summed E-state index contributed by atoms with van der Waals surface area (Å²) in [5.74, 6) is 0.831. The third kappa shape index (κ3) is 1.94. The highest BCUT2D eigenvalue weighted by molar-refractivity contribution is 7.80. The van der Waals surface area contributed by atoms with Gasteiger partial charge in [0, 0.05) is 30.6 Å². The molecule has 0 atom stereocenters. The van der Waals surface area contributed by atoms with Crippen LogP contribution in [0.1, 0.15) is 5.82 Å². The van der Waals surface area contributed by atoms with Gasteiger partial charge in [-0.3, -0.25) is 4.57 Å². The van der Waals surface area contributed by atoms with E-state index in [1.165, 1.54) is 11.1 Å². The minimum absolute atomic E-state index is 0.602. The summed E-state index contributed by atoms with van der Waals surface area (Å²) in [6.07, 6.45) is 0. The molecule has 0 unspecified atom stereocenters. The van der Waals surface area contributed by atoms with E-state index in [1.807, 2.05) is 17.6 Å². The SMILES string of the molecule is Cc1nnc(S)n1-c1ccc(N(C)C)c2ccccc12. The molecule has 0 aliphatic heterocycles. The van der Waals surface area contributed by atoms with E-state index in [0.717, 1.165) is 16.9 Å². The molecule has 0 saturated carbocycles. The predicted octanol–water partition coefficient (Wildman–Crippen LogP) is 3.08. The third-order valence-corrected chi connectivity index (χ3v) is 3.70. The first-order valence-electron chi connectivity index (χ1n) is 6.40. The molecule has 0 fully saturated rings. The lowest BCUT2D eigenvalue weighted by atomic mass is 10.1. The molecule has 20 heavy (non-hydrogen) atoms. The van der Waals surface area contributed by atoms with E-state index in [1.54, 1.807) is 0 Å². The number of anilines is 1. The van der Waals surface area contributed by atoms with Gasteiger partial charge in [-0.2, -0.15) is 0 Å². The lowest BCUT2D eigenvalue weighted by Crippen LogP contribution is -2.10. The highest BCUT2D eigenvalue weighted by Gasteiger charge is 2.13. The average molecular weight is 284 g/mol. The Morgan fingerprint density at radius 2 is 1.70 bits per heavy atom. The topological polar surface area (TPSA) is 34.0 Å². The highest BCUT2D eigenvalue weighted by atomic mass is 32.1. The number of aryl methyl sites for hydroxylation is 1. The smallest absolute Gasteiger partial charge is 0.192 e. The number of fused-ring (bicyclic) bond motifs is 1. The van der Waals surface area contributed by atoms with Gasteiger partial charge in [0.05, 0.1) is 5.69 Å². The number of hydrogen-bond donors (Lipinski definition) is 1. The van der Waals surface area contributed by atoms with E-state index in [0.29, 0.717) is 5.16 Å². The van der Waals surface area contributed by atoms with Crippen molar-refractivity contribution >= 4 is 29.1 Å². The molecule has 3 rings (SSSR count). The molecule has 102 valence electrons. The first-order valence-corrected chi connectivity index (χ1v) is 6.84. The third-order valence-electron chi connectivity index (χ3n) is 3.41. The summed E-state index contributed by atoms with van der Waals surface area (Å²) in [5.41, 5.74) is 2.24. The summed E-state index contributed by atoms with van der Waals surface area (Å²) in [5, 5.41) is 11.1. The van der Waals surface area contributed by atoms with E-state index in [-0.39, 0.29) is 0 Å². The van der Waals surface area contributed by atoms with Crippen LogP contribution in [-0.2, 0) is 0 Å². The van der Waals surface area contributed by atoms with Crippen molar-refractivity contribution in [2.45, 2.75) is 12.1 Å². The maximum absolute atomic E-state index is 4.40. The quantitative estimate of drug-likeness (QED) is 0.734. The van der Waals surface area contributed by atoms with Crippen LogP contribution >= 0.6 is 12.6 Å². The van der Waals surface area contributed by atoms with Crippen LogP contribution < -0.4 is 4.90 Å². The van der Waals surface area contributed by atoms with Crippen LogP contribution in [0.25, 0.3) is 16.5 Å². The lowest BCUT2D eigenvalue weighted by molar-refractivity contribution is 0.880. The summed E-state index contributed by atoms with van der Waals surface area (Å²) >= 11 is 4.40. The Balaban J connectivity index is 2.37. The molecule has 1 heterocycles. The molecular weight excluding hydrogens is 268 g/mol. The minimum Gasteiger partial charge on any atom is -0.377 e. The van der Waals surface area contributed by atoms with E-state index >= 15 is 0 Å². The van der Waals surface area contributed by atoms with Crippen molar-refractivity contribution in [2.24, 2.45) is 0 Å². The molecule has 0 aliphatic carbocycles. The molecule has 0 aliphatic rings. The number of thiol groups is 1. The zero-order valence-corrected chi connectivity index (χ0v) is 12.6. The summed E-state index contributed by atoms with van der Waals surface area (Å²) in [6, 6.07) is 12.6. The standard InChI is InChI=1S/C15H16N4S/c1-10-16-17-15(20)19(10)14-9-8-13(18(2)3)11-6-4-5-7-12(11)14/h4-9H,1-3H3,(H,17,20). The minimum atomic E-state index is 0.602. The molecule has 4 nitrogen and oxygen atoms in total. The van der Waals surface area contributed by atoms with Crippen LogP contribution in [-0.4, -0.2) is 28.9 Å². The normalized spacial score (nSPS) is 11.0. The van der Waals surface area contributed by atoms with Crippen molar-refractivity contribution in [1.82, 2.24) is 14.8 Å². The van der Waals surface area contributed by atoms with Crippen molar-refractivity contribution in [1.29, 1.82) is 0 Å². The number of aromatic nitrogens is 3. The second kappa shape index (κ2) is 4.83. The molecule has 0 N–H and O–H groups in total. The Kier molecular flexibility index (Phi) is 3.14. The van der Waals surface area contributed by atoms with Crippen LogP contribution in [0.3, 0.4) is 0 Å². The Morgan fingerprint density at radius 1 is 1.00 bits per heavy atom. The second-order valence-electron chi connectivity index (χ2n) is 4.93. The first kappa shape index (κ1) is 13.0. The van der Waals surface area contributed by atoms with Crippen molar-refractivity contribution in [3.8, 4) is 5.69 Å². The molecule has 0 radical (unpaired) electrons. The Hall–Kier alpha value is -2.01. The molecule has 0 bridgehead atoms. The largest absolute Gasteiger partial charge is 0.377 e. The predicted molar refractivity (Wildman–Crippen MR) is 85.2 cm³/mol. The number of hydrogen-bond acceptors (Lipinski definition) is 4. The van der Waals surface area contributed by atoms with Crippen LogP contribution in [0.2, 0.25) is 0 Å². The summed E-state index contributed by atoms with van der Waals surface area (Å²) in [6.45, 7) is 1.93. The molecule has 0 spiro atoms. The van der Waals surface area contributed by atoms with Gasteiger partial charge in [-0.1, -0.05) is 24.3 Å². The molecular formula is C15H16N4S. The van der Waals surface area contributed by atoms with Crippen LogP contribution in [0.5, 0.6) is 0 Å². The lowest BCUT2D eigenvalue weighted by Gasteiger charge is -2.18. The maximum Gasteiger partial charge on any atom is 0.192 e.